The van der Waals surface area contributed by atoms with Crippen LogP contribution in [-0.4, -0.2) is 17.6 Å². The van der Waals surface area contributed by atoms with Crippen molar-refractivity contribution in [2.24, 2.45) is 0 Å². The minimum atomic E-state index is -0.325. The van der Waals surface area contributed by atoms with Gasteiger partial charge < -0.3 is 10.1 Å². The van der Waals surface area contributed by atoms with Crippen molar-refractivity contribution in [1.82, 2.24) is 4.98 Å². The highest BCUT2D eigenvalue weighted by Crippen LogP contribution is 2.26. The van der Waals surface area contributed by atoms with E-state index < -0.39 is 0 Å². The third-order valence-corrected chi connectivity index (χ3v) is 5.03. The first-order chi connectivity index (χ1) is 14.2. The zero-order valence-electron chi connectivity index (χ0n) is 16.1. The fourth-order valence-corrected chi connectivity index (χ4v) is 3.33. The van der Waals surface area contributed by atoms with Gasteiger partial charge in [-0.25, -0.2) is 9.78 Å². The Bertz CT molecular complexity index is 1020. The van der Waals surface area contributed by atoms with E-state index in [1.54, 1.807) is 30.5 Å². The number of aromatic nitrogens is 1. The number of nitrogens with one attached hydrogen (secondary N) is 1. The van der Waals surface area contributed by atoms with Crippen molar-refractivity contribution in [1.29, 1.82) is 5.26 Å². The number of anilines is 1. The van der Waals surface area contributed by atoms with Crippen molar-refractivity contribution in [3.63, 3.8) is 0 Å². The van der Waals surface area contributed by atoms with Crippen LogP contribution in [0.25, 0.3) is 16.8 Å². The molecule has 0 aliphatic heterocycles. The smallest absolute Gasteiger partial charge is 0.338 e. The molecule has 3 rings (SSSR count). The van der Waals surface area contributed by atoms with Crippen LogP contribution in [0.1, 0.15) is 35.1 Å². The summed E-state index contributed by atoms with van der Waals surface area (Å²) >= 11 is 1.42. The van der Waals surface area contributed by atoms with Gasteiger partial charge in [-0.05, 0) is 30.7 Å². The van der Waals surface area contributed by atoms with Crippen LogP contribution in [0.15, 0.2) is 66.2 Å². The maximum atomic E-state index is 11.9. The SMILES string of the molecule is CCCCOC(=O)c1ccc(NC=C(C#N)c2nc(-c3ccccc3)cs2)cc1. The first-order valence-electron chi connectivity index (χ1n) is 9.36. The summed E-state index contributed by atoms with van der Waals surface area (Å²) in [5.41, 5.74) is 3.57. The van der Waals surface area contributed by atoms with Crippen molar-refractivity contribution in [2.75, 3.05) is 11.9 Å². The number of hydrogen-bond donors (Lipinski definition) is 1. The molecule has 5 nitrogen and oxygen atoms in total. The molecular formula is C23H21N3O2S. The van der Waals surface area contributed by atoms with Gasteiger partial charge in [-0.1, -0.05) is 43.7 Å². The van der Waals surface area contributed by atoms with Gasteiger partial charge in [0, 0.05) is 22.8 Å². The molecule has 0 atom stereocenters. The molecule has 6 heteroatoms. The minimum absolute atomic E-state index is 0.325. The number of thiazole rings is 1. The second kappa shape index (κ2) is 10.2. The maximum absolute atomic E-state index is 11.9. The average Bonchev–Trinajstić information content (AvgIpc) is 3.25. The summed E-state index contributed by atoms with van der Waals surface area (Å²) in [7, 11) is 0. The van der Waals surface area contributed by atoms with Crippen LogP contribution in [0, 0.1) is 11.3 Å². The van der Waals surface area contributed by atoms with E-state index in [4.69, 9.17) is 4.74 Å². The molecule has 0 radical (unpaired) electrons. The number of rotatable bonds is 8. The second-order valence-electron chi connectivity index (χ2n) is 6.28. The standard InChI is InChI=1S/C23H21N3O2S/c1-2-3-13-28-23(27)18-9-11-20(12-10-18)25-15-19(14-24)22-26-21(16-29-22)17-7-5-4-6-8-17/h4-12,15-16,25H,2-3,13H2,1H3. The molecule has 0 unspecified atom stereocenters. The molecular weight excluding hydrogens is 382 g/mol. The maximum Gasteiger partial charge on any atom is 0.338 e. The third kappa shape index (κ3) is 5.53. The monoisotopic (exact) mass is 403 g/mol. The molecule has 146 valence electrons. The molecule has 1 aromatic heterocycles. The predicted octanol–water partition coefficient (Wildman–Crippen LogP) is 5.74. The number of carbonyl (C=O) groups excluding carboxylic acids is 1. The first-order valence-corrected chi connectivity index (χ1v) is 10.2. The Morgan fingerprint density at radius 2 is 1.97 bits per heavy atom. The van der Waals surface area contributed by atoms with Crippen LogP contribution in [0.2, 0.25) is 0 Å². The lowest BCUT2D eigenvalue weighted by molar-refractivity contribution is 0.0500. The Morgan fingerprint density at radius 3 is 2.66 bits per heavy atom. The lowest BCUT2D eigenvalue weighted by atomic mass is 10.2. The van der Waals surface area contributed by atoms with Crippen molar-refractivity contribution in [2.45, 2.75) is 19.8 Å². The van der Waals surface area contributed by atoms with Crippen molar-refractivity contribution in [3.05, 3.63) is 76.7 Å². The van der Waals surface area contributed by atoms with Crippen LogP contribution >= 0.6 is 11.3 Å². The summed E-state index contributed by atoms with van der Waals surface area (Å²) in [6, 6.07) is 19.0. The van der Waals surface area contributed by atoms with E-state index >= 15 is 0 Å². The quantitative estimate of drug-likeness (QED) is 0.295. The van der Waals surface area contributed by atoms with Gasteiger partial charge in [0.2, 0.25) is 0 Å². The molecule has 0 spiro atoms. The highest BCUT2D eigenvalue weighted by atomic mass is 32.1. The molecule has 0 aliphatic carbocycles. The number of ether oxygens (including phenoxy) is 1. The van der Waals surface area contributed by atoms with Crippen molar-refractivity contribution < 1.29 is 9.53 Å². The van der Waals surface area contributed by atoms with Gasteiger partial charge in [-0.2, -0.15) is 5.26 Å². The van der Waals surface area contributed by atoms with E-state index in [1.165, 1.54) is 11.3 Å². The number of nitriles is 1. The molecule has 2 aromatic carbocycles. The first kappa shape index (κ1) is 20.3. The molecule has 0 bridgehead atoms. The zero-order chi connectivity index (χ0) is 20.5. The topological polar surface area (TPSA) is 75.0 Å². The average molecular weight is 404 g/mol. The molecule has 0 saturated carbocycles. The summed E-state index contributed by atoms with van der Waals surface area (Å²) < 4.78 is 5.20. The molecule has 0 aliphatic rings. The molecule has 0 fully saturated rings. The summed E-state index contributed by atoms with van der Waals surface area (Å²) in [5.74, 6) is -0.325. The highest BCUT2D eigenvalue weighted by molar-refractivity contribution is 7.11. The van der Waals surface area contributed by atoms with E-state index in [0.29, 0.717) is 22.8 Å². The van der Waals surface area contributed by atoms with E-state index in [0.717, 1.165) is 29.8 Å². The fourth-order valence-electron chi connectivity index (χ4n) is 2.53. The molecule has 1 heterocycles. The number of hydrogen-bond acceptors (Lipinski definition) is 6. The lowest BCUT2D eigenvalue weighted by Crippen LogP contribution is -2.06. The number of benzene rings is 2. The largest absolute Gasteiger partial charge is 0.462 e. The predicted molar refractivity (Wildman–Crippen MR) is 116 cm³/mol. The Balaban J connectivity index is 1.66. The Morgan fingerprint density at radius 1 is 1.21 bits per heavy atom. The highest BCUT2D eigenvalue weighted by Gasteiger charge is 2.09. The van der Waals surface area contributed by atoms with Crippen LogP contribution < -0.4 is 5.32 Å². The number of nitrogens with zero attached hydrogens (tertiary/aromatic N) is 2. The van der Waals surface area contributed by atoms with E-state index in [2.05, 4.69) is 16.4 Å². The van der Waals surface area contributed by atoms with Gasteiger partial charge >= 0.3 is 5.97 Å². The van der Waals surface area contributed by atoms with Crippen molar-refractivity contribution in [3.8, 4) is 17.3 Å². The summed E-state index contributed by atoms with van der Waals surface area (Å²) in [4.78, 5) is 16.5. The van der Waals surface area contributed by atoms with Crippen LogP contribution in [-0.2, 0) is 4.74 Å². The van der Waals surface area contributed by atoms with Gasteiger partial charge in [-0.3, -0.25) is 0 Å². The van der Waals surface area contributed by atoms with Gasteiger partial charge in [0.1, 0.15) is 16.6 Å². The van der Waals surface area contributed by atoms with Crippen LogP contribution in [0.4, 0.5) is 5.69 Å². The second-order valence-corrected chi connectivity index (χ2v) is 7.14. The molecule has 0 saturated heterocycles. The van der Waals surface area contributed by atoms with Gasteiger partial charge in [-0.15, -0.1) is 11.3 Å². The molecule has 3 aromatic rings. The fraction of sp³-hybridized carbons (Fsp3) is 0.174. The molecule has 29 heavy (non-hydrogen) atoms. The Labute approximate surface area is 174 Å². The minimum Gasteiger partial charge on any atom is -0.462 e. The van der Waals surface area contributed by atoms with E-state index in [-0.39, 0.29) is 5.97 Å². The number of esters is 1. The Hall–Kier alpha value is -3.43. The lowest BCUT2D eigenvalue weighted by Gasteiger charge is -2.05. The number of allylic oxidation sites excluding steroid dienone is 1. The Kier molecular flexibility index (Phi) is 7.15. The van der Waals surface area contributed by atoms with Crippen molar-refractivity contribution >= 4 is 28.6 Å². The molecule has 0 amide bonds. The molecule has 1 N–H and O–H groups in total. The van der Waals surface area contributed by atoms with Gasteiger partial charge in [0.05, 0.1) is 17.9 Å². The van der Waals surface area contributed by atoms with Gasteiger partial charge in [0.25, 0.3) is 0 Å². The zero-order valence-corrected chi connectivity index (χ0v) is 16.9. The summed E-state index contributed by atoms with van der Waals surface area (Å²) in [6.45, 7) is 2.48. The van der Waals surface area contributed by atoms with Crippen LogP contribution in [0.5, 0.6) is 0 Å². The summed E-state index contributed by atoms with van der Waals surface area (Å²) in [5, 5.41) is 15.2. The summed E-state index contributed by atoms with van der Waals surface area (Å²) in [6.07, 6.45) is 3.47. The number of carbonyl (C=O) groups is 1. The van der Waals surface area contributed by atoms with E-state index in [1.807, 2.05) is 42.6 Å². The van der Waals surface area contributed by atoms with E-state index in [9.17, 15) is 10.1 Å². The van der Waals surface area contributed by atoms with Crippen LogP contribution in [0.3, 0.4) is 0 Å². The third-order valence-electron chi connectivity index (χ3n) is 4.16. The normalized spacial score (nSPS) is 11.0. The van der Waals surface area contributed by atoms with Gasteiger partial charge in [0.15, 0.2) is 0 Å². The number of unbranched alkanes of at least 4 members (excludes halogenated alkanes) is 1.